The van der Waals surface area contributed by atoms with Crippen molar-refractivity contribution in [2.24, 2.45) is 5.73 Å². The monoisotopic (exact) mass is 254 g/mol. The molecule has 1 fully saturated rings. The molecule has 0 spiro atoms. The number of benzene rings is 2. The fourth-order valence-corrected chi connectivity index (χ4v) is 2.68. The van der Waals surface area contributed by atoms with Crippen LogP contribution in [0.1, 0.15) is 24.4 Å². The number of carbonyl (C=O) groups excluding carboxylic acids is 1. The van der Waals surface area contributed by atoms with E-state index >= 15 is 0 Å². The maximum atomic E-state index is 11.6. The van der Waals surface area contributed by atoms with Crippen LogP contribution in [0.3, 0.4) is 0 Å². The summed E-state index contributed by atoms with van der Waals surface area (Å²) in [6.45, 7) is 1.47. The molecule has 1 saturated heterocycles. The summed E-state index contributed by atoms with van der Waals surface area (Å²) in [5.74, 6) is 0.233. The van der Waals surface area contributed by atoms with Crippen LogP contribution in [0.4, 0.5) is 0 Å². The Balaban J connectivity index is 1.81. The Kier molecular flexibility index (Phi) is 3.22. The number of nitrogens with zero attached hydrogens (tertiary/aromatic N) is 1. The van der Waals surface area contributed by atoms with Gasteiger partial charge in [0, 0.05) is 25.6 Å². The molecule has 1 amide bonds. The van der Waals surface area contributed by atoms with Crippen molar-refractivity contribution in [2.75, 3.05) is 13.1 Å². The Morgan fingerprint density at radius 3 is 2.68 bits per heavy atom. The minimum atomic E-state index is -0.105. The summed E-state index contributed by atoms with van der Waals surface area (Å²) in [7, 11) is 0. The van der Waals surface area contributed by atoms with Crippen molar-refractivity contribution >= 4 is 16.7 Å². The zero-order chi connectivity index (χ0) is 13.2. The molecule has 3 heteroatoms. The molecule has 0 bridgehead atoms. The van der Waals surface area contributed by atoms with E-state index in [1.165, 1.54) is 10.8 Å². The molecule has 1 heterocycles. The highest BCUT2D eigenvalue weighted by molar-refractivity contribution is 5.83. The van der Waals surface area contributed by atoms with E-state index in [-0.39, 0.29) is 11.9 Å². The number of rotatable bonds is 3. The van der Waals surface area contributed by atoms with E-state index in [0.717, 1.165) is 18.5 Å². The average Bonchev–Trinajstić information content (AvgIpc) is 2.84. The van der Waals surface area contributed by atoms with Crippen molar-refractivity contribution in [1.29, 1.82) is 0 Å². The molecule has 1 atom stereocenters. The minimum absolute atomic E-state index is 0.105. The van der Waals surface area contributed by atoms with Gasteiger partial charge in [-0.05, 0) is 28.8 Å². The van der Waals surface area contributed by atoms with Gasteiger partial charge in [0.25, 0.3) is 0 Å². The Bertz CT molecular complexity index is 608. The number of hydrogen-bond acceptors (Lipinski definition) is 2. The molecule has 2 aromatic rings. The molecule has 3 rings (SSSR count). The van der Waals surface area contributed by atoms with Gasteiger partial charge in [-0.1, -0.05) is 36.4 Å². The summed E-state index contributed by atoms with van der Waals surface area (Å²) in [5.41, 5.74) is 7.33. The Morgan fingerprint density at radius 1 is 1.16 bits per heavy atom. The zero-order valence-electron chi connectivity index (χ0n) is 10.9. The Labute approximate surface area is 113 Å². The molecular formula is C16H18N2O. The standard InChI is InChI=1S/C16H18N2O/c17-15(11-18-9-3-6-16(18)19)14-8-7-12-4-1-2-5-13(12)10-14/h1-2,4-5,7-8,10,15H,3,6,9,11,17H2. The van der Waals surface area contributed by atoms with Gasteiger partial charge in [-0.15, -0.1) is 0 Å². The molecule has 2 N–H and O–H groups in total. The van der Waals surface area contributed by atoms with E-state index in [1.54, 1.807) is 0 Å². The predicted octanol–water partition coefficient (Wildman–Crippen LogP) is 2.46. The lowest BCUT2D eigenvalue weighted by Crippen LogP contribution is -2.32. The molecule has 3 nitrogen and oxygen atoms in total. The van der Waals surface area contributed by atoms with E-state index in [1.807, 2.05) is 17.0 Å². The van der Waals surface area contributed by atoms with Gasteiger partial charge in [-0.2, -0.15) is 0 Å². The van der Waals surface area contributed by atoms with Crippen molar-refractivity contribution < 1.29 is 4.79 Å². The van der Waals surface area contributed by atoms with E-state index in [9.17, 15) is 4.79 Å². The minimum Gasteiger partial charge on any atom is -0.341 e. The van der Waals surface area contributed by atoms with Crippen LogP contribution in [0.2, 0.25) is 0 Å². The number of fused-ring (bicyclic) bond motifs is 1. The van der Waals surface area contributed by atoms with E-state index in [0.29, 0.717) is 13.0 Å². The highest BCUT2D eigenvalue weighted by Gasteiger charge is 2.22. The Hall–Kier alpha value is -1.87. The SMILES string of the molecule is NC(CN1CCCC1=O)c1ccc2ccccc2c1. The van der Waals surface area contributed by atoms with Gasteiger partial charge >= 0.3 is 0 Å². The predicted molar refractivity (Wildman–Crippen MR) is 76.7 cm³/mol. The van der Waals surface area contributed by atoms with Crippen LogP contribution >= 0.6 is 0 Å². The largest absolute Gasteiger partial charge is 0.341 e. The quantitative estimate of drug-likeness (QED) is 0.914. The first-order valence-corrected chi connectivity index (χ1v) is 6.76. The van der Waals surface area contributed by atoms with Crippen molar-refractivity contribution in [3.63, 3.8) is 0 Å². The molecule has 0 radical (unpaired) electrons. The third kappa shape index (κ3) is 2.47. The van der Waals surface area contributed by atoms with Crippen LogP contribution in [0.25, 0.3) is 10.8 Å². The third-order valence-corrected chi connectivity index (χ3v) is 3.79. The highest BCUT2D eigenvalue weighted by atomic mass is 16.2. The summed E-state index contributed by atoms with van der Waals surface area (Å²) in [6, 6.07) is 14.4. The lowest BCUT2D eigenvalue weighted by molar-refractivity contribution is -0.127. The summed E-state index contributed by atoms with van der Waals surface area (Å²) < 4.78 is 0. The van der Waals surface area contributed by atoms with Crippen LogP contribution in [-0.2, 0) is 4.79 Å². The fourth-order valence-electron chi connectivity index (χ4n) is 2.68. The van der Waals surface area contributed by atoms with E-state index in [4.69, 9.17) is 5.73 Å². The first-order valence-electron chi connectivity index (χ1n) is 6.76. The second-order valence-electron chi connectivity index (χ2n) is 5.16. The molecule has 1 unspecified atom stereocenters. The lowest BCUT2D eigenvalue weighted by Gasteiger charge is -2.21. The van der Waals surface area contributed by atoms with Crippen LogP contribution in [-0.4, -0.2) is 23.9 Å². The van der Waals surface area contributed by atoms with E-state index in [2.05, 4.69) is 30.3 Å². The van der Waals surface area contributed by atoms with Crippen LogP contribution in [0, 0.1) is 0 Å². The topological polar surface area (TPSA) is 46.3 Å². The Morgan fingerprint density at radius 2 is 1.95 bits per heavy atom. The average molecular weight is 254 g/mol. The van der Waals surface area contributed by atoms with Crippen LogP contribution in [0.5, 0.6) is 0 Å². The molecule has 2 aromatic carbocycles. The normalized spacial score (nSPS) is 17.1. The molecule has 98 valence electrons. The van der Waals surface area contributed by atoms with Crippen LogP contribution in [0.15, 0.2) is 42.5 Å². The van der Waals surface area contributed by atoms with Crippen molar-refractivity contribution in [3.05, 3.63) is 48.0 Å². The van der Waals surface area contributed by atoms with Gasteiger partial charge in [0.1, 0.15) is 0 Å². The number of amides is 1. The summed E-state index contributed by atoms with van der Waals surface area (Å²) in [4.78, 5) is 13.5. The number of carbonyl (C=O) groups is 1. The second kappa shape index (κ2) is 5.02. The van der Waals surface area contributed by atoms with Crippen molar-refractivity contribution in [2.45, 2.75) is 18.9 Å². The summed E-state index contributed by atoms with van der Waals surface area (Å²) in [6.07, 6.45) is 1.63. The van der Waals surface area contributed by atoms with Gasteiger partial charge in [0.05, 0.1) is 0 Å². The third-order valence-electron chi connectivity index (χ3n) is 3.79. The zero-order valence-corrected chi connectivity index (χ0v) is 10.9. The number of nitrogens with two attached hydrogens (primary N) is 1. The number of hydrogen-bond donors (Lipinski definition) is 1. The summed E-state index contributed by atoms with van der Waals surface area (Å²) in [5, 5.41) is 2.42. The lowest BCUT2D eigenvalue weighted by atomic mass is 10.0. The molecule has 0 aromatic heterocycles. The number of likely N-dealkylation sites (tertiary alicyclic amines) is 1. The van der Waals surface area contributed by atoms with Gasteiger partial charge in [0.2, 0.25) is 5.91 Å². The molecule has 1 aliphatic rings. The van der Waals surface area contributed by atoms with Gasteiger partial charge < -0.3 is 10.6 Å². The molecule has 0 aliphatic carbocycles. The molecule has 19 heavy (non-hydrogen) atoms. The van der Waals surface area contributed by atoms with Crippen molar-refractivity contribution in [3.8, 4) is 0 Å². The molecular weight excluding hydrogens is 236 g/mol. The van der Waals surface area contributed by atoms with Crippen molar-refractivity contribution in [1.82, 2.24) is 4.90 Å². The van der Waals surface area contributed by atoms with E-state index < -0.39 is 0 Å². The van der Waals surface area contributed by atoms with Gasteiger partial charge in [-0.3, -0.25) is 4.79 Å². The highest BCUT2D eigenvalue weighted by Crippen LogP contribution is 2.21. The molecule has 0 saturated carbocycles. The molecule has 1 aliphatic heterocycles. The van der Waals surface area contributed by atoms with Crippen LogP contribution < -0.4 is 5.73 Å². The van der Waals surface area contributed by atoms with Gasteiger partial charge in [-0.25, -0.2) is 0 Å². The maximum absolute atomic E-state index is 11.6. The fraction of sp³-hybridized carbons (Fsp3) is 0.312. The first-order chi connectivity index (χ1) is 9.24. The summed E-state index contributed by atoms with van der Waals surface area (Å²) >= 11 is 0. The smallest absolute Gasteiger partial charge is 0.222 e. The first kappa shape index (κ1) is 12.2. The van der Waals surface area contributed by atoms with Gasteiger partial charge in [0.15, 0.2) is 0 Å². The second-order valence-corrected chi connectivity index (χ2v) is 5.16. The maximum Gasteiger partial charge on any atom is 0.222 e.